The summed E-state index contributed by atoms with van der Waals surface area (Å²) in [6.45, 7) is 3.06. The maximum atomic E-state index is 14.0. The van der Waals surface area contributed by atoms with E-state index in [9.17, 15) is 14.0 Å². The third kappa shape index (κ3) is 3.72. The number of carbonyl (C=O) groups excluding carboxylic acids is 2. The van der Waals surface area contributed by atoms with Gasteiger partial charge in [-0.25, -0.2) is 4.39 Å². The number of nitrogens with zero attached hydrogens (tertiary/aromatic N) is 3. The Morgan fingerprint density at radius 3 is 2.25 bits per heavy atom. The molecule has 0 unspecified atom stereocenters. The first-order chi connectivity index (χ1) is 13.6. The van der Waals surface area contributed by atoms with E-state index in [0.717, 1.165) is 25.1 Å². The highest BCUT2D eigenvalue weighted by molar-refractivity contribution is 5.97. The Labute approximate surface area is 164 Å². The number of anilines is 2. The second-order valence-electron chi connectivity index (χ2n) is 7.28. The van der Waals surface area contributed by atoms with Crippen LogP contribution in [-0.4, -0.2) is 49.4 Å². The minimum Gasteiger partial charge on any atom is -0.366 e. The number of para-hydroxylation sites is 1. The predicted octanol–water partition coefficient (Wildman–Crippen LogP) is 3.31. The standard InChI is InChI=1S/C22H24FN3O2/c23-19-5-1-2-6-20(19)24-13-15-25(16-14-24)22(28)17-8-10-18(11-9-17)26-12-4-3-7-21(26)27/h1-2,5-6,8-11H,3-4,7,12-16H2. The fraction of sp³-hybridized carbons (Fsp3) is 0.364. The number of benzene rings is 2. The van der Waals surface area contributed by atoms with Gasteiger partial charge >= 0.3 is 0 Å². The first-order valence-electron chi connectivity index (χ1n) is 9.83. The third-order valence-corrected chi connectivity index (χ3v) is 5.51. The van der Waals surface area contributed by atoms with Gasteiger partial charge in [0.25, 0.3) is 5.91 Å². The average Bonchev–Trinajstić information content (AvgIpc) is 2.74. The van der Waals surface area contributed by atoms with E-state index in [1.54, 1.807) is 34.1 Å². The van der Waals surface area contributed by atoms with Gasteiger partial charge in [0, 0.05) is 50.4 Å². The lowest BCUT2D eigenvalue weighted by molar-refractivity contribution is -0.119. The zero-order chi connectivity index (χ0) is 19.5. The van der Waals surface area contributed by atoms with E-state index in [1.165, 1.54) is 6.07 Å². The molecule has 5 nitrogen and oxygen atoms in total. The van der Waals surface area contributed by atoms with Gasteiger partial charge in [-0.1, -0.05) is 12.1 Å². The number of hydrogen-bond acceptors (Lipinski definition) is 3. The van der Waals surface area contributed by atoms with E-state index in [0.29, 0.717) is 43.9 Å². The van der Waals surface area contributed by atoms with Crippen molar-refractivity contribution in [1.82, 2.24) is 4.90 Å². The molecule has 2 amide bonds. The quantitative estimate of drug-likeness (QED) is 0.819. The van der Waals surface area contributed by atoms with Crippen molar-refractivity contribution in [3.8, 4) is 0 Å². The molecule has 2 heterocycles. The number of amides is 2. The van der Waals surface area contributed by atoms with Crippen molar-refractivity contribution in [2.24, 2.45) is 0 Å². The Morgan fingerprint density at radius 1 is 0.857 bits per heavy atom. The molecule has 2 fully saturated rings. The summed E-state index contributed by atoms with van der Waals surface area (Å²) in [6, 6.07) is 14.0. The molecule has 0 atom stereocenters. The van der Waals surface area contributed by atoms with Crippen molar-refractivity contribution < 1.29 is 14.0 Å². The second-order valence-corrected chi connectivity index (χ2v) is 7.28. The average molecular weight is 381 g/mol. The summed E-state index contributed by atoms with van der Waals surface area (Å²) in [6.07, 6.45) is 2.55. The summed E-state index contributed by atoms with van der Waals surface area (Å²) >= 11 is 0. The molecule has 0 saturated carbocycles. The SMILES string of the molecule is O=C(c1ccc(N2CCCCC2=O)cc1)N1CCN(c2ccccc2F)CC1. The lowest BCUT2D eigenvalue weighted by Gasteiger charge is -2.36. The molecule has 0 aromatic heterocycles. The largest absolute Gasteiger partial charge is 0.366 e. The van der Waals surface area contributed by atoms with Crippen molar-refractivity contribution in [3.05, 3.63) is 59.9 Å². The minimum absolute atomic E-state index is 0.0234. The molecule has 146 valence electrons. The number of halogens is 1. The van der Waals surface area contributed by atoms with Crippen molar-refractivity contribution in [2.75, 3.05) is 42.5 Å². The Morgan fingerprint density at radius 2 is 1.57 bits per heavy atom. The normalized spacial score (nSPS) is 17.8. The molecule has 0 N–H and O–H groups in total. The number of piperazine rings is 1. The van der Waals surface area contributed by atoms with Crippen LogP contribution in [0.1, 0.15) is 29.6 Å². The van der Waals surface area contributed by atoms with Crippen LogP contribution < -0.4 is 9.80 Å². The van der Waals surface area contributed by atoms with Crippen molar-refractivity contribution in [2.45, 2.75) is 19.3 Å². The summed E-state index contributed by atoms with van der Waals surface area (Å²) in [7, 11) is 0. The summed E-state index contributed by atoms with van der Waals surface area (Å²) in [5, 5.41) is 0. The fourth-order valence-electron chi connectivity index (χ4n) is 3.90. The summed E-state index contributed by atoms with van der Waals surface area (Å²) in [4.78, 5) is 30.4. The van der Waals surface area contributed by atoms with Crippen LogP contribution in [0.5, 0.6) is 0 Å². The van der Waals surface area contributed by atoms with E-state index in [4.69, 9.17) is 0 Å². The van der Waals surface area contributed by atoms with Crippen LogP contribution in [0.15, 0.2) is 48.5 Å². The van der Waals surface area contributed by atoms with Gasteiger partial charge in [-0.2, -0.15) is 0 Å². The molecule has 0 bridgehead atoms. The zero-order valence-corrected chi connectivity index (χ0v) is 15.8. The fourth-order valence-corrected chi connectivity index (χ4v) is 3.90. The summed E-state index contributed by atoms with van der Waals surface area (Å²) in [5.41, 5.74) is 2.06. The molecule has 0 aliphatic carbocycles. The lowest BCUT2D eigenvalue weighted by atomic mass is 10.1. The highest BCUT2D eigenvalue weighted by Gasteiger charge is 2.24. The molecule has 0 radical (unpaired) electrons. The van der Waals surface area contributed by atoms with Crippen molar-refractivity contribution >= 4 is 23.2 Å². The highest BCUT2D eigenvalue weighted by atomic mass is 19.1. The molecule has 2 aliphatic heterocycles. The predicted molar refractivity (Wildman–Crippen MR) is 107 cm³/mol. The Hall–Kier alpha value is -2.89. The Kier molecular flexibility index (Phi) is 5.28. The Bertz CT molecular complexity index is 860. The molecule has 6 heteroatoms. The molecular formula is C22H24FN3O2. The molecule has 0 spiro atoms. The van der Waals surface area contributed by atoms with Crippen molar-refractivity contribution in [1.29, 1.82) is 0 Å². The molecule has 2 aliphatic rings. The maximum Gasteiger partial charge on any atom is 0.253 e. The first-order valence-corrected chi connectivity index (χ1v) is 9.83. The molecule has 2 aromatic carbocycles. The van der Waals surface area contributed by atoms with Crippen molar-refractivity contribution in [3.63, 3.8) is 0 Å². The molecule has 2 aromatic rings. The molecule has 28 heavy (non-hydrogen) atoms. The second kappa shape index (κ2) is 8.00. The van der Waals surface area contributed by atoms with Crippen LogP contribution >= 0.6 is 0 Å². The maximum absolute atomic E-state index is 14.0. The topological polar surface area (TPSA) is 43.9 Å². The monoisotopic (exact) mass is 381 g/mol. The molecule has 4 rings (SSSR count). The molecular weight excluding hydrogens is 357 g/mol. The van der Waals surface area contributed by atoms with E-state index < -0.39 is 0 Å². The van der Waals surface area contributed by atoms with Gasteiger partial charge < -0.3 is 14.7 Å². The van der Waals surface area contributed by atoms with Gasteiger partial charge in [0.15, 0.2) is 0 Å². The van der Waals surface area contributed by atoms with E-state index in [2.05, 4.69) is 0 Å². The van der Waals surface area contributed by atoms with E-state index in [-0.39, 0.29) is 17.6 Å². The smallest absolute Gasteiger partial charge is 0.253 e. The van der Waals surface area contributed by atoms with Gasteiger partial charge in [0.1, 0.15) is 5.82 Å². The Balaban J connectivity index is 1.39. The van der Waals surface area contributed by atoms with Gasteiger partial charge in [-0.3, -0.25) is 9.59 Å². The van der Waals surface area contributed by atoms with Crippen LogP contribution in [-0.2, 0) is 4.79 Å². The van der Waals surface area contributed by atoms with E-state index in [1.807, 2.05) is 23.1 Å². The third-order valence-electron chi connectivity index (χ3n) is 5.51. The van der Waals surface area contributed by atoms with Gasteiger partial charge in [-0.05, 0) is 49.2 Å². The number of hydrogen-bond donors (Lipinski definition) is 0. The van der Waals surface area contributed by atoms with E-state index >= 15 is 0 Å². The number of carbonyl (C=O) groups is 2. The summed E-state index contributed by atoms with van der Waals surface area (Å²) in [5.74, 6) is -0.107. The number of rotatable bonds is 3. The first kappa shape index (κ1) is 18.5. The molecule has 2 saturated heterocycles. The summed E-state index contributed by atoms with van der Waals surface area (Å²) < 4.78 is 14.0. The number of piperidine rings is 1. The van der Waals surface area contributed by atoms with Gasteiger partial charge in [-0.15, -0.1) is 0 Å². The van der Waals surface area contributed by atoms with Crippen LogP contribution in [0.4, 0.5) is 15.8 Å². The highest BCUT2D eigenvalue weighted by Crippen LogP contribution is 2.23. The van der Waals surface area contributed by atoms with Crippen LogP contribution in [0.3, 0.4) is 0 Å². The van der Waals surface area contributed by atoms with Gasteiger partial charge in [0.05, 0.1) is 5.69 Å². The van der Waals surface area contributed by atoms with Crippen LogP contribution in [0, 0.1) is 5.82 Å². The van der Waals surface area contributed by atoms with Crippen LogP contribution in [0.25, 0.3) is 0 Å². The van der Waals surface area contributed by atoms with Gasteiger partial charge in [0.2, 0.25) is 5.91 Å². The lowest BCUT2D eigenvalue weighted by Crippen LogP contribution is -2.49. The minimum atomic E-state index is -0.231. The zero-order valence-electron chi connectivity index (χ0n) is 15.8. The van der Waals surface area contributed by atoms with Crippen LogP contribution in [0.2, 0.25) is 0 Å².